The van der Waals surface area contributed by atoms with E-state index in [1.807, 2.05) is 0 Å². The molecule has 3 nitrogen and oxygen atoms in total. The van der Waals surface area contributed by atoms with E-state index in [1.54, 1.807) is 7.11 Å². The Morgan fingerprint density at radius 3 is 2.50 bits per heavy atom. The molecule has 0 aromatic rings. The second-order valence-electron chi connectivity index (χ2n) is 4.55. The van der Waals surface area contributed by atoms with E-state index >= 15 is 0 Å². The van der Waals surface area contributed by atoms with E-state index in [0.717, 1.165) is 12.3 Å². The van der Waals surface area contributed by atoms with Crippen LogP contribution in [0.3, 0.4) is 0 Å². The second-order valence-corrected chi connectivity index (χ2v) is 4.55. The smallest absolute Gasteiger partial charge is 0.0752 e. The molecule has 14 heavy (non-hydrogen) atoms. The molecule has 0 heterocycles. The van der Waals surface area contributed by atoms with Gasteiger partial charge in [-0.2, -0.15) is 0 Å². The third-order valence-electron chi connectivity index (χ3n) is 3.03. The zero-order chi connectivity index (χ0) is 10.6. The SMILES string of the molecule is COCCOC1C(C)CC(C)CC1N. The molecule has 0 aromatic heterocycles. The van der Waals surface area contributed by atoms with Crippen molar-refractivity contribution >= 4 is 0 Å². The van der Waals surface area contributed by atoms with E-state index in [4.69, 9.17) is 15.2 Å². The molecule has 0 spiro atoms. The fourth-order valence-electron chi connectivity index (χ4n) is 2.44. The van der Waals surface area contributed by atoms with Crippen LogP contribution in [0.4, 0.5) is 0 Å². The molecule has 1 saturated carbocycles. The number of ether oxygens (including phenoxy) is 2. The first-order valence-electron chi connectivity index (χ1n) is 5.51. The summed E-state index contributed by atoms with van der Waals surface area (Å²) in [6, 6.07) is 0.200. The molecule has 0 radical (unpaired) electrons. The van der Waals surface area contributed by atoms with Crippen molar-refractivity contribution in [1.29, 1.82) is 0 Å². The van der Waals surface area contributed by atoms with Crippen LogP contribution in [-0.2, 0) is 9.47 Å². The van der Waals surface area contributed by atoms with Gasteiger partial charge in [0.2, 0.25) is 0 Å². The standard InChI is InChI=1S/C11H23NO2/c1-8-6-9(2)11(10(12)7-8)14-5-4-13-3/h8-11H,4-7,12H2,1-3H3. The maximum absolute atomic E-state index is 6.08. The van der Waals surface area contributed by atoms with Crippen LogP contribution in [0.25, 0.3) is 0 Å². The Kier molecular flexibility index (Phi) is 4.85. The molecule has 0 aliphatic heterocycles. The summed E-state index contributed by atoms with van der Waals surface area (Å²) in [5.41, 5.74) is 6.08. The van der Waals surface area contributed by atoms with E-state index in [1.165, 1.54) is 6.42 Å². The van der Waals surface area contributed by atoms with Gasteiger partial charge in [0.05, 0.1) is 19.3 Å². The Labute approximate surface area is 86.9 Å². The van der Waals surface area contributed by atoms with Gasteiger partial charge in [0.1, 0.15) is 0 Å². The fraction of sp³-hybridized carbons (Fsp3) is 1.00. The second kappa shape index (κ2) is 5.69. The van der Waals surface area contributed by atoms with Crippen LogP contribution in [0, 0.1) is 11.8 Å². The van der Waals surface area contributed by atoms with E-state index < -0.39 is 0 Å². The van der Waals surface area contributed by atoms with Gasteiger partial charge < -0.3 is 15.2 Å². The lowest BCUT2D eigenvalue weighted by Gasteiger charge is -2.37. The lowest BCUT2D eigenvalue weighted by molar-refractivity contribution is -0.0450. The van der Waals surface area contributed by atoms with Crippen molar-refractivity contribution in [1.82, 2.24) is 0 Å². The number of nitrogens with two attached hydrogens (primary N) is 1. The lowest BCUT2D eigenvalue weighted by atomic mass is 9.78. The lowest BCUT2D eigenvalue weighted by Crippen LogP contribution is -2.46. The molecule has 0 saturated heterocycles. The summed E-state index contributed by atoms with van der Waals surface area (Å²) in [4.78, 5) is 0. The van der Waals surface area contributed by atoms with Crippen molar-refractivity contribution in [3.05, 3.63) is 0 Å². The van der Waals surface area contributed by atoms with Crippen LogP contribution in [0.15, 0.2) is 0 Å². The Morgan fingerprint density at radius 1 is 1.21 bits per heavy atom. The molecular weight excluding hydrogens is 178 g/mol. The minimum absolute atomic E-state index is 0.200. The number of rotatable bonds is 4. The van der Waals surface area contributed by atoms with Gasteiger partial charge in [-0.15, -0.1) is 0 Å². The molecule has 4 atom stereocenters. The molecule has 4 unspecified atom stereocenters. The molecule has 0 aromatic carbocycles. The molecule has 1 aliphatic rings. The molecule has 1 aliphatic carbocycles. The van der Waals surface area contributed by atoms with Crippen molar-refractivity contribution in [3.63, 3.8) is 0 Å². The van der Waals surface area contributed by atoms with Crippen molar-refractivity contribution in [3.8, 4) is 0 Å². The van der Waals surface area contributed by atoms with Gasteiger partial charge in [-0.1, -0.05) is 13.8 Å². The fourth-order valence-corrected chi connectivity index (χ4v) is 2.44. The first-order valence-corrected chi connectivity index (χ1v) is 5.51. The average molecular weight is 201 g/mol. The van der Waals surface area contributed by atoms with Crippen LogP contribution in [-0.4, -0.2) is 32.5 Å². The molecular formula is C11H23NO2. The third kappa shape index (κ3) is 3.23. The predicted molar refractivity (Wildman–Crippen MR) is 57.2 cm³/mol. The van der Waals surface area contributed by atoms with Gasteiger partial charge in [0.25, 0.3) is 0 Å². The predicted octanol–water partition coefficient (Wildman–Crippen LogP) is 1.41. The monoisotopic (exact) mass is 201 g/mol. The zero-order valence-electron chi connectivity index (χ0n) is 9.53. The quantitative estimate of drug-likeness (QED) is 0.699. The van der Waals surface area contributed by atoms with E-state index in [-0.39, 0.29) is 12.1 Å². The molecule has 0 amide bonds. The molecule has 84 valence electrons. The number of methoxy groups -OCH3 is 1. The molecule has 1 fully saturated rings. The topological polar surface area (TPSA) is 44.5 Å². The normalized spacial score (nSPS) is 38.6. The molecule has 3 heteroatoms. The van der Waals surface area contributed by atoms with Gasteiger partial charge in [0, 0.05) is 13.2 Å². The van der Waals surface area contributed by atoms with Gasteiger partial charge in [-0.3, -0.25) is 0 Å². The first kappa shape index (κ1) is 12.0. The molecule has 1 rings (SSSR count). The summed E-state index contributed by atoms with van der Waals surface area (Å²) in [5.74, 6) is 1.31. The van der Waals surface area contributed by atoms with Crippen LogP contribution in [0.1, 0.15) is 26.7 Å². The summed E-state index contributed by atoms with van der Waals surface area (Å²) in [6.45, 7) is 5.81. The highest BCUT2D eigenvalue weighted by Gasteiger charge is 2.32. The van der Waals surface area contributed by atoms with Crippen LogP contribution in [0.5, 0.6) is 0 Å². The zero-order valence-corrected chi connectivity index (χ0v) is 9.53. The van der Waals surface area contributed by atoms with Crippen molar-refractivity contribution in [2.24, 2.45) is 17.6 Å². The van der Waals surface area contributed by atoms with Crippen LogP contribution < -0.4 is 5.73 Å². The van der Waals surface area contributed by atoms with Crippen molar-refractivity contribution in [2.45, 2.75) is 38.8 Å². The van der Waals surface area contributed by atoms with Crippen molar-refractivity contribution in [2.75, 3.05) is 20.3 Å². The minimum atomic E-state index is 0.200. The Morgan fingerprint density at radius 2 is 1.93 bits per heavy atom. The maximum atomic E-state index is 6.08. The van der Waals surface area contributed by atoms with Crippen LogP contribution in [0.2, 0.25) is 0 Å². The van der Waals surface area contributed by atoms with Gasteiger partial charge >= 0.3 is 0 Å². The first-order chi connectivity index (χ1) is 6.65. The number of hydrogen-bond donors (Lipinski definition) is 1. The highest BCUT2D eigenvalue weighted by atomic mass is 16.5. The van der Waals surface area contributed by atoms with Gasteiger partial charge in [-0.05, 0) is 24.7 Å². The highest BCUT2D eigenvalue weighted by Crippen LogP contribution is 2.29. The number of hydrogen-bond acceptors (Lipinski definition) is 3. The minimum Gasteiger partial charge on any atom is -0.382 e. The van der Waals surface area contributed by atoms with Gasteiger partial charge in [0.15, 0.2) is 0 Å². The van der Waals surface area contributed by atoms with Crippen LogP contribution >= 0.6 is 0 Å². The van der Waals surface area contributed by atoms with E-state index in [9.17, 15) is 0 Å². The third-order valence-corrected chi connectivity index (χ3v) is 3.03. The van der Waals surface area contributed by atoms with E-state index in [2.05, 4.69) is 13.8 Å². The Bertz CT molecular complexity index is 151. The molecule has 2 N–H and O–H groups in total. The van der Waals surface area contributed by atoms with Gasteiger partial charge in [-0.25, -0.2) is 0 Å². The summed E-state index contributed by atoms with van der Waals surface area (Å²) in [5, 5.41) is 0. The Balaban J connectivity index is 2.34. The largest absolute Gasteiger partial charge is 0.382 e. The summed E-state index contributed by atoms with van der Waals surface area (Å²) >= 11 is 0. The summed E-state index contributed by atoms with van der Waals surface area (Å²) in [7, 11) is 1.69. The summed E-state index contributed by atoms with van der Waals surface area (Å²) < 4.78 is 10.7. The average Bonchev–Trinajstić information content (AvgIpc) is 2.09. The summed E-state index contributed by atoms with van der Waals surface area (Å²) in [6.07, 6.45) is 2.54. The maximum Gasteiger partial charge on any atom is 0.0752 e. The molecule has 0 bridgehead atoms. The van der Waals surface area contributed by atoms with Crippen molar-refractivity contribution < 1.29 is 9.47 Å². The van der Waals surface area contributed by atoms with E-state index in [0.29, 0.717) is 19.1 Å². The highest BCUT2D eigenvalue weighted by molar-refractivity contribution is 4.86. The Hall–Kier alpha value is -0.120.